The number of halogens is 4. The number of hydrogen-bond acceptors (Lipinski definition) is 4. The van der Waals surface area contributed by atoms with E-state index in [1.165, 1.54) is 0 Å². The van der Waals surface area contributed by atoms with Crippen LogP contribution in [0.5, 0.6) is 5.75 Å². The van der Waals surface area contributed by atoms with Gasteiger partial charge in [0.2, 0.25) is 5.76 Å². The first-order valence-corrected chi connectivity index (χ1v) is 10.4. The van der Waals surface area contributed by atoms with E-state index in [1.807, 2.05) is 6.92 Å². The van der Waals surface area contributed by atoms with Crippen LogP contribution in [0.25, 0.3) is 11.1 Å². The zero-order chi connectivity index (χ0) is 23.3. The first kappa shape index (κ1) is 23.7. The molecule has 32 heavy (non-hydrogen) atoms. The van der Waals surface area contributed by atoms with Crippen LogP contribution in [0.3, 0.4) is 0 Å². The summed E-state index contributed by atoms with van der Waals surface area (Å²) in [7, 11) is 0. The predicted molar refractivity (Wildman–Crippen MR) is 115 cm³/mol. The van der Waals surface area contributed by atoms with Crippen molar-refractivity contribution in [1.29, 1.82) is 0 Å². The van der Waals surface area contributed by atoms with Gasteiger partial charge in [-0.15, -0.1) is 0 Å². The van der Waals surface area contributed by atoms with Crippen LogP contribution in [0.15, 0.2) is 53.1 Å². The lowest BCUT2D eigenvalue weighted by atomic mass is 10.0. The number of hydrogen-bond donors (Lipinski definition) is 0. The molecule has 1 aromatic heterocycles. The van der Waals surface area contributed by atoms with Gasteiger partial charge in [-0.25, -0.2) is 0 Å². The van der Waals surface area contributed by atoms with Crippen LogP contribution in [0.2, 0.25) is 5.02 Å². The van der Waals surface area contributed by atoms with Gasteiger partial charge < -0.3 is 13.9 Å². The van der Waals surface area contributed by atoms with E-state index in [0.717, 1.165) is 17.4 Å². The Balaban J connectivity index is 1.79. The van der Waals surface area contributed by atoms with Crippen molar-refractivity contribution in [3.05, 3.63) is 76.2 Å². The molecule has 0 spiro atoms. The number of carbonyl (C=O) groups is 1. The smallest absolute Gasteiger partial charge is 0.449 e. The Kier molecular flexibility index (Phi) is 7.51. The van der Waals surface area contributed by atoms with Crippen LogP contribution >= 0.6 is 11.6 Å². The molecule has 0 aliphatic rings. The molecule has 2 aromatic carbocycles. The Bertz CT molecular complexity index is 1090. The third-order valence-corrected chi connectivity index (χ3v) is 5.12. The topological polar surface area (TPSA) is 48.7 Å². The van der Waals surface area contributed by atoms with Crippen LogP contribution in [-0.2, 0) is 28.7 Å². The molecular weight excluding hydrogens is 445 g/mol. The molecule has 0 fully saturated rings. The molecule has 3 aromatic rings. The highest BCUT2D eigenvalue weighted by molar-refractivity contribution is 6.30. The highest BCUT2D eigenvalue weighted by Gasteiger charge is 2.39. The summed E-state index contributed by atoms with van der Waals surface area (Å²) in [6.45, 7) is 3.59. The molecule has 0 aliphatic heterocycles. The van der Waals surface area contributed by atoms with Crippen molar-refractivity contribution < 1.29 is 31.9 Å². The largest absolute Gasteiger partial charge is 0.489 e. The SMILES string of the molecule is CCOC(=O)CCc1ccc(OCc2c(-c3cccc(Cl)c3)coc2C(F)(F)F)cc1C. The van der Waals surface area contributed by atoms with Gasteiger partial charge in [0.1, 0.15) is 12.4 Å². The summed E-state index contributed by atoms with van der Waals surface area (Å²) < 4.78 is 56.0. The lowest BCUT2D eigenvalue weighted by molar-refractivity contribution is -0.154. The highest BCUT2D eigenvalue weighted by Crippen LogP contribution is 2.39. The number of alkyl halides is 3. The van der Waals surface area contributed by atoms with Crippen molar-refractivity contribution in [3.8, 4) is 16.9 Å². The molecule has 0 saturated carbocycles. The van der Waals surface area contributed by atoms with Gasteiger partial charge in [0.25, 0.3) is 0 Å². The summed E-state index contributed by atoms with van der Waals surface area (Å²) in [5.41, 5.74) is 2.46. The second-order valence-corrected chi connectivity index (χ2v) is 7.58. The minimum atomic E-state index is -4.66. The fourth-order valence-electron chi connectivity index (χ4n) is 3.33. The van der Waals surface area contributed by atoms with E-state index in [0.29, 0.717) is 29.4 Å². The number of esters is 1. The monoisotopic (exact) mass is 466 g/mol. The van der Waals surface area contributed by atoms with Gasteiger partial charge in [-0.3, -0.25) is 4.79 Å². The maximum absolute atomic E-state index is 13.5. The minimum Gasteiger partial charge on any atom is -0.489 e. The van der Waals surface area contributed by atoms with Crippen molar-refractivity contribution in [3.63, 3.8) is 0 Å². The summed E-state index contributed by atoms with van der Waals surface area (Å²) in [6, 6.07) is 11.7. The van der Waals surface area contributed by atoms with Crippen LogP contribution in [0.1, 0.15) is 35.8 Å². The minimum absolute atomic E-state index is 0.108. The third-order valence-electron chi connectivity index (χ3n) is 4.89. The summed E-state index contributed by atoms with van der Waals surface area (Å²) in [6.07, 6.45) is -2.84. The van der Waals surface area contributed by atoms with Crippen LogP contribution in [-0.4, -0.2) is 12.6 Å². The third kappa shape index (κ3) is 5.85. The molecule has 3 rings (SSSR count). The van der Waals surface area contributed by atoms with Crippen molar-refractivity contribution in [2.24, 2.45) is 0 Å². The number of furan rings is 1. The number of benzene rings is 2. The Labute approximate surface area is 188 Å². The second kappa shape index (κ2) is 10.1. The number of carbonyl (C=O) groups excluding carboxylic acids is 1. The Hall–Kier alpha value is -2.93. The Morgan fingerprint density at radius 3 is 2.59 bits per heavy atom. The first-order chi connectivity index (χ1) is 15.2. The normalized spacial score (nSPS) is 11.4. The second-order valence-electron chi connectivity index (χ2n) is 7.15. The van der Waals surface area contributed by atoms with E-state index in [-0.39, 0.29) is 30.1 Å². The van der Waals surface area contributed by atoms with Crippen molar-refractivity contribution >= 4 is 17.6 Å². The summed E-state index contributed by atoms with van der Waals surface area (Å²) >= 11 is 6.00. The summed E-state index contributed by atoms with van der Waals surface area (Å²) in [4.78, 5) is 11.6. The van der Waals surface area contributed by atoms with Gasteiger partial charge in [0.05, 0.1) is 12.9 Å². The number of ether oxygens (including phenoxy) is 2. The van der Waals surface area contributed by atoms with Gasteiger partial charge in [-0.05, 0) is 61.2 Å². The molecule has 0 unspecified atom stereocenters. The zero-order valence-corrected chi connectivity index (χ0v) is 18.3. The standard InChI is InChI=1S/C24H22ClF3O4/c1-3-30-22(29)10-8-16-7-9-19(11-15(16)2)31-14-21-20(13-32-23(21)24(26,27)28)17-5-4-6-18(25)12-17/h4-7,9,11-13H,3,8,10,14H2,1-2H3. The van der Waals surface area contributed by atoms with Crippen LogP contribution < -0.4 is 4.74 Å². The first-order valence-electron chi connectivity index (χ1n) is 10.0. The van der Waals surface area contributed by atoms with E-state index < -0.39 is 11.9 Å². The highest BCUT2D eigenvalue weighted by atomic mass is 35.5. The lowest BCUT2D eigenvalue weighted by Crippen LogP contribution is -2.09. The molecule has 0 amide bonds. The van der Waals surface area contributed by atoms with Crippen LogP contribution in [0, 0.1) is 6.92 Å². The van der Waals surface area contributed by atoms with Gasteiger partial charge in [-0.2, -0.15) is 13.2 Å². The van der Waals surface area contributed by atoms with Crippen molar-refractivity contribution in [2.45, 2.75) is 39.5 Å². The molecule has 0 bridgehead atoms. The quantitative estimate of drug-likeness (QED) is 0.335. The van der Waals surface area contributed by atoms with E-state index in [4.69, 9.17) is 25.5 Å². The number of aryl methyl sites for hydroxylation is 2. The molecule has 0 aliphatic carbocycles. The summed E-state index contributed by atoms with van der Waals surface area (Å²) in [5.74, 6) is -0.968. The van der Waals surface area contributed by atoms with Crippen LogP contribution in [0.4, 0.5) is 13.2 Å². The Morgan fingerprint density at radius 2 is 1.94 bits per heavy atom. The van der Waals surface area contributed by atoms with Crippen molar-refractivity contribution in [2.75, 3.05) is 6.61 Å². The van der Waals surface area contributed by atoms with Gasteiger partial charge in [-0.1, -0.05) is 29.8 Å². The molecular formula is C24H22ClF3O4. The van der Waals surface area contributed by atoms with Gasteiger partial charge in [0.15, 0.2) is 0 Å². The summed E-state index contributed by atoms with van der Waals surface area (Å²) in [5, 5.41) is 0.401. The fourth-order valence-corrected chi connectivity index (χ4v) is 3.52. The molecule has 1 heterocycles. The number of rotatable bonds is 8. The van der Waals surface area contributed by atoms with E-state index >= 15 is 0 Å². The predicted octanol–water partition coefficient (Wildman–Crippen LogP) is 7.00. The Morgan fingerprint density at radius 1 is 1.16 bits per heavy atom. The molecule has 4 nitrogen and oxygen atoms in total. The average Bonchev–Trinajstić information content (AvgIpc) is 3.16. The zero-order valence-electron chi connectivity index (χ0n) is 17.6. The molecule has 170 valence electrons. The molecule has 0 saturated heterocycles. The van der Waals surface area contributed by atoms with E-state index in [9.17, 15) is 18.0 Å². The van der Waals surface area contributed by atoms with Crippen molar-refractivity contribution in [1.82, 2.24) is 0 Å². The molecule has 0 radical (unpaired) electrons. The molecule has 0 N–H and O–H groups in total. The maximum Gasteiger partial charge on any atom is 0.449 e. The molecule has 0 atom stereocenters. The van der Waals surface area contributed by atoms with E-state index in [2.05, 4.69) is 0 Å². The van der Waals surface area contributed by atoms with Gasteiger partial charge >= 0.3 is 12.1 Å². The fraction of sp³-hybridized carbons (Fsp3) is 0.292. The van der Waals surface area contributed by atoms with Gasteiger partial charge in [0, 0.05) is 22.6 Å². The molecule has 8 heteroatoms. The lowest BCUT2D eigenvalue weighted by Gasteiger charge is -2.13. The maximum atomic E-state index is 13.5. The van der Waals surface area contributed by atoms with E-state index in [1.54, 1.807) is 49.4 Å². The average molecular weight is 467 g/mol.